The van der Waals surface area contributed by atoms with Gasteiger partial charge in [0.25, 0.3) is 0 Å². The molecule has 0 aromatic carbocycles. The zero-order valence-electron chi connectivity index (χ0n) is 13.7. The maximum Gasteiger partial charge on any atom is 0.410 e. The predicted octanol–water partition coefficient (Wildman–Crippen LogP) is 2.97. The Morgan fingerprint density at radius 1 is 1.35 bits per heavy atom. The lowest BCUT2D eigenvalue weighted by Crippen LogP contribution is -2.38. The van der Waals surface area contributed by atoms with Gasteiger partial charge in [-0.3, -0.25) is 0 Å². The van der Waals surface area contributed by atoms with Gasteiger partial charge in [0.15, 0.2) is 0 Å². The maximum absolute atomic E-state index is 12.0. The third-order valence-corrected chi connectivity index (χ3v) is 4.48. The number of hydrogen-bond donors (Lipinski definition) is 0. The Labute approximate surface area is 123 Å². The average Bonchev–Trinajstić information content (AvgIpc) is 3.06. The number of carbonyl (C=O) groups excluding carboxylic acids is 1. The first-order chi connectivity index (χ1) is 9.26. The van der Waals surface area contributed by atoms with Crippen LogP contribution in [-0.2, 0) is 4.74 Å². The molecule has 1 aliphatic carbocycles. The summed E-state index contributed by atoms with van der Waals surface area (Å²) in [6.45, 7) is 10.9. The van der Waals surface area contributed by atoms with Crippen LogP contribution in [-0.4, -0.2) is 54.2 Å². The van der Waals surface area contributed by atoms with E-state index in [-0.39, 0.29) is 6.09 Å². The highest BCUT2D eigenvalue weighted by Gasteiger charge is 2.34. The standard InChI is InChI=1S/C16H30N2O2/c1-12(14-6-7-14)17(5)10-13-8-9-18(11-13)15(19)20-16(2,3)4/h12-14H,6-11H2,1-5H3/t12-,13-/m0/s1. The van der Waals surface area contributed by atoms with Crippen LogP contribution in [0.3, 0.4) is 0 Å². The lowest BCUT2D eigenvalue weighted by molar-refractivity contribution is 0.0284. The van der Waals surface area contributed by atoms with Crippen LogP contribution in [0.15, 0.2) is 0 Å². The van der Waals surface area contributed by atoms with E-state index in [0.29, 0.717) is 12.0 Å². The van der Waals surface area contributed by atoms with Crippen molar-refractivity contribution < 1.29 is 9.53 Å². The third-order valence-electron chi connectivity index (χ3n) is 4.48. The molecule has 0 bridgehead atoms. The van der Waals surface area contributed by atoms with E-state index in [0.717, 1.165) is 32.0 Å². The molecule has 2 fully saturated rings. The second kappa shape index (κ2) is 5.92. The second-order valence-electron chi connectivity index (χ2n) is 7.60. The van der Waals surface area contributed by atoms with Gasteiger partial charge < -0.3 is 14.5 Å². The number of likely N-dealkylation sites (tertiary alicyclic amines) is 1. The van der Waals surface area contributed by atoms with Gasteiger partial charge in [-0.1, -0.05) is 0 Å². The van der Waals surface area contributed by atoms with Crippen LogP contribution >= 0.6 is 0 Å². The Morgan fingerprint density at radius 3 is 2.55 bits per heavy atom. The summed E-state index contributed by atoms with van der Waals surface area (Å²) in [7, 11) is 2.22. The van der Waals surface area contributed by atoms with Crippen molar-refractivity contribution in [3.05, 3.63) is 0 Å². The molecule has 1 saturated heterocycles. The van der Waals surface area contributed by atoms with Crippen molar-refractivity contribution >= 4 is 6.09 Å². The average molecular weight is 282 g/mol. The molecule has 2 aliphatic rings. The summed E-state index contributed by atoms with van der Waals surface area (Å²) in [6.07, 6.45) is 3.72. The molecule has 0 aromatic rings. The van der Waals surface area contributed by atoms with Crippen molar-refractivity contribution in [1.29, 1.82) is 0 Å². The number of carbonyl (C=O) groups is 1. The number of ether oxygens (including phenoxy) is 1. The van der Waals surface area contributed by atoms with Gasteiger partial charge in [0.1, 0.15) is 5.60 Å². The Balaban J connectivity index is 1.75. The molecule has 20 heavy (non-hydrogen) atoms. The highest BCUT2D eigenvalue weighted by Crippen LogP contribution is 2.35. The van der Waals surface area contributed by atoms with Crippen LogP contribution in [0, 0.1) is 11.8 Å². The van der Waals surface area contributed by atoms with Crippen molar-refractivity contribution in [3.63, 3.8) is 0 Å². The van der Waals surface area contributed by atoms with E-state index >= 15 is 0 Å². The highest BCUT2D eigenvalue weighted by atomic mass is 16.6. The molecule has 0 radical (unpaired) electrons. The molecule has 4 nitrogen and oxygen atoms in total. The van der Waals surface area contributed by atoms with Gasteiger partial charge in [0.2, 0.25) is 0 Å². The van der Waals surface area contributed by atoms with Gasteiger partial charge in [-0.05, 0) is 65.8 Å². The van der Waals surface area contributed by atoms with E-state index in [1.165, 1.54) is 12.8 Å². The molecule has 116 valence electrons. The molecule has 1 saturated carbocycles. The molecule has 0 spiro atoms. The largest absolute Gasteiger partial charge is 0.444 e. The minimum atomic E-state index is -0.396. The summed E-state index contributed by atoms with van der Waals surface area (Å²) >= 11 is 0. The molecular formula is C16H30N2O2. The quantitative estimate of drug-likeness (QED) is 0.794. The van der Waals surface area contributed by atoms with E-state index in [9.17, 15) is 4.79 Å². The molecule has 4 heteroatoms. The Bertz CT molecular complexity index is 347. The molecule has 0 unspecified atom stereocenters. The number of rotatable bonds is 4. The molecule has 1 heterocycles. The summed E-state index contributed by atoms with van der Waals surface area (Å²) < 4.78 is 5.44. The first kappa shape index (κ1) is 15.6. The third kappa shape index (κ3) is 4.37. The van der Waals surface area contributed by atoms with Crippen LogP contribution in [0.2, 0.25) is 0 Å². The second-order valence-corrected chi connectivity index (χ2v) is 7.60. The van der Waals surface area contributed by atoms with Crippen molar-refractivity contribution in [2.75, 3.05) is 26.7 Å². The van der Waals surface area contributed by atoms with Gasteiger partial charge in [0.05, 0.1) is 0 Å². The van der Waals surface area contributed by atoms with Crippen LogP contribution in [0.5, 0.6) is 0 Å². The molecule has 0 N–H and O–H groups in total. The lowest BCUT2D eigenvalue weighted by atomic mass is 10.1. The monoisotopic (exact) mass is 282 g/mol. The highest BCUT2D eigenvalue weighted by molar-refractivity contribution is 5.68. The molecular weight excluding hydrogens is 252 g/mol. The first-order valence-electron chi connectivity index (χ1n) is 7.94. The van der Waals surface area contributed by atoms with Crippen molar-refractivity contribution in [1.82, 2.24) is 9.80 Å². The van der Waals surface area contributed by atoms with Gasteiger partial charge >= 0.3 is 6.09 Å². The fourth-order valence-corrected chi connectivity index (χ4v) is 2.99. The lowest BCUT2D eigenvalue weighted by Gasteiger charge is -2.28. The summed E-state index contributed by atoms with van der Waals surface area (Å²) in [5.74, 6) is 1.50. The summed E-state index contributed by atoms with van der Waals surface area (Å²) in [6, 6.07) is 0.686. The van der Waals surface area contributed by atoms with E-state index in [2.05, 4.69) is 18.9 Å². The zero-order valence-corrected chi connectivity index (χ0v) is 13.7. The number of nitrogens with zero attached hydrogens (tertiary/aromatic N) is 2. The van der Waals surface area contributed by atoms with Crippen LogP contribution in [0.4, 0.5) is 4.79 Å². The summed E-state index contributed by atoms with van der Waals surface area (Å²) in [4.78, 5) is 16.4. The molecule has 1 amide bonds. The SMILES string of the molecule is C[C@@H](C1CC1)N(C)C[C@@H]1CCN(C(=O)OC(C)(C)C)C1. The van der Waals surface area contributed by atoms with Gasteiger partial charge in [-0.2, -0.15) is 0 Å². The van der Waals surface area contributed by atoms with E-state index in [1.807, 2.05) is 25.7 Å². The molecule has 2 rings (SSSR count). The molecule has 1 aliphatic heterocycles. The minimum absolute atomic E-state index is 0.155. The molecule has 0 aromatic heterocycles. The van der Waals surface area contributed by atoms with E-state index < -0.39 is 5.60 Å². The van der Waals surface area contributed by atoms with Crippen LogP contribution in [0.1, 0.15) is 47.0 Å². The maximum atomic E-state index is 12.0. The van der Waals surface area contributed by atoms with E-state index in [4.69, 9.17) is 4.74 Å². The van der Waals surface area contributed by atoms with Crippen molar-refractivity contribution in [2.24, 2.45) is 11.8 Å². The normalized spacial score (nSPS) is 25.1. The Hall–Kier alpha value is -0.770. The zero-order chi connectivity index (χ0) is 14.9. The van der Waals surface area contributed by atoms with Gasteiger partial charge in [-0.25, -0.2) is 4.79 Å². The summed E-state index contributed by atoms with van der Waals surface area (Å²) in [5.41, 5.74) is -0.396. The minimum Gasteiger partial charge on any atom is -0.444 e. The predicted molar refractivity (Wildman–Crippen MR) is 80.7 cm³/mol. The summed E-state index contributed by atoms with van der Waals surface area (Å²) in [5, 5.41) is 0. The fourth-order valence-electron chi connectivity index (χ4n) is 2.99. The van der Waals surface area contributed by atoms with Gasteiger partial charge in [0, 0.05) is 25.7 Å². The Morgan fingerprint density at radius 2 is 2.00 bits per heavy atom. The number of hydrogen-bond acceptors (Lipinski definition) is 3. The topological polar surface area (TPSA) is 32.8 Å². The first-order valence-corrected chi connectivity index (χ1v) is 7.94. The Kier molecular flexibility index (Phi) is 4.62. The smallest absolute Gasteiger partial charge is 0.410 e. The molecule has 2 atom stereocenters. The van der Waals surface area contributed by atoms with Crippen LogP contribution in [0.25, 0.3) is 0 Å². The van der Waals surface area contributed by atoms with Crippen molar-refractivity contribution in [3.8, 4) is 0 Å². The van der Waals surface area contributed by atoms with Crippen molar-refractivity contribution in [2.45, 2.75) is 58.6 Å². The van der Waals surface area contributed by atoms with Gasteiger partial charge in [-0.15, -0.1) is 0 Å². The number of amides is 1. The van der Waals surface area contributed by atoms with E-state index in [1.54, 1.807) is 0 Å². The van der Waals surface area contributed by atoms with Crippen LogP contribution < -0.4 is 0 Å². The fraction of sp³-hybridized carbons (Fsp3) is 0.938.